The summed E-state index contributed by atoms with van der Waals surface area (Å²) in [4.78, 5) is 24.6. The summed E-state index contributed by atoms with van der Waals surface area (Å²) in [6, 6.07) is 2.65. The van der Waals surface area contributed by atoms with Gasteiger partial charge in [-0.1, -0.05) is 23.2 Å². The van der Waals surface area contributed by atoms with Gasteiger partial charge in [-0.15, -0.1) is 0 Å². The molecular weight excluding hydrogens is 315 g/mol. The van der Waals surface area contributed by atoms with Gasteiger partial charge in [-0.05, 0) is 37.5 Å². The third kappa shape index (κ3) is 3.80. The van der Waals surface area contributed by atoms with Crippen LogP contribution in [0.25, 0.3) is 0 Å². The molecule has 0 spiro atoms. The van der Waals surface area contributed by atoms with Gasteiger partial charge in [-0.2, -0.15) is 0 Å². The van der Waals surface area contributed by atoms with E-state index < -0.39 is 5.97 Å². The lowest BCUT2D eigenvalue weighted by Crippen LogP contribution is -2.39. The number of carboxylic acids is 1. The maximum absolute atomic E-state index is 12.3. The van der Waals surface area contributed by atoms with Gasteiger partial charge in [-0.25, -0.2) is 4.79 Å². The fourth-order valence-electron chi connectivity index (χ4n) is 2.45. The minimum Gasteiger partial charge on any atom is -0.481 e. The number of amides is 2. The number of aliphatic carboxylic acids is 1. The van der Waals surface area contributed by atoms with E-state index in [1.807, 2.05) is 6.92 Å². The predicted octanol–water partition coefficient (Wildman–Crippen LogP) is 3.77. The topological polar surface area (TPSA) is 69.6 Å². The molecule has 1 aliphatic heterocycles. The first-order chi connectivity index (χ1) is 9.88. The van der Waals surface area contributed by atoms with Gasteiger partial charge in [0.2, 0.25) is 0 Å². The molecule has 1 aromatic rings. The minimum absolute atomic E-state index is 0.0458. The van der Waals surface area contributed by atoms with Crippen LogP contribution in [0.5, 0.6) is 0 Å². The molecule has 2 N–H and O–H groups in total. The van der Waals surface area contributed by atoms with Crippen LogP contribution in [0.1, 0.15) is 24.8 Å². The summed E-state index contributed by atoms with van der Waals surface area (Å²) >= 11 is 12.1. The average Bonchev–Trinajstić information content (AvgIpc) is 2.83. The van der Waals surface area contributed by atoms with Crippen LogP contribution in [0.2, 0.25) is 10.0 Å². The number of hydrogen-bond acceptors (Lipinski definition) is 2. The third-order valence-corrected chi connectivity index (χ3v) is 4.26. The third-order valence-electron chi connectivity index (χ3n) is 3.54. The maximum atomic E-state index is 12.3. The number of halogens is 2. The number of likely N-dealkylation sites (tertiary alicyclic amines) is 1. The van der Waals surface area contributed by atoms with Crippen LogP contribution in [0.3, 0.4) is 0 Å². The van der Waals surface area contributed by atoms with Gasteiger partial charge in [-0.3, -0.25) is 4.79 Å². The second kappa shape index (κ2) is 6.54. The van der Waals surface area contributed by atoms with Crippen LogP contribution in [-0.4, -0.2) is 34.6 Å². The highest BCUT2D eigenvalue weighted by atomic mass is 35.5. The van der Waals surface area contributed by atoms with E-state index in [-0.39, 0.29) is 18.5 Å². The van der Waals surface area contributed by atoms with E-state index in [1.54, 1.807) is 12.1 Å². The van der Waals surface area contributed by atoms with Gasteiger partial charge >= 0.3 is 12.0 Å². The number of benzene rings is 1. The summed E-state index contributed by atoms with van der Waals surface area (Å²) in [5.74, 6) is -0.906. The van der Waals surface area contributed by atoms with Crippen LogP contribution in [0.4, 0.5) is 10.5 Å². The second-order valence-electron chi connectivity index (χ2n) is 5.10. The molecule has 7 heteroatoms. The Bertz CT molecular complexity index is 578. The van der Waals surface area contributed by atoms with Crippen molar-refractivity contribution in [3.05, 3.63) is 27.7 Å². The lowest BCUT2D eigenvalue weighted by atomic mass is 10.1. The number of nitrogens with zero attached hydrogens (tertiary/aromatic N) is 1. The van der Waals surface area contributed by atoms with Crippen LogP contribution in [0, 0.1) is 6.92 Å². The number of carbonyl (C=O) groups is 2. The van der Waals surface area contributed by atoms with Crippen LogP contribution >= 0.6 is 23.2 Å². The Morgan fingerprint density at radius 3 is 2.76 bits per heavy atom. The van der Waals surface area contributed by atoms with Crippen molar-refractivity contribution in [1.29, 1.82) is 0 Å². The summed E-state index contributed by atoms with van der Waals surface area (Å²) in [6.07, 6.45) is 1.45. The molecule has 2 rings (SSSR count). The number of aryl methyl sites for hydroxylation is 1. The first kappa shape index (κ1) is 15.9. The summed E-state index contributed by atoms with van der Waals surface area (Å²) in [5.41, 5.74) is 1.25. The molecule has 1 aliphatic rings. The van der Waals surface area contributed by atoms with Crippen molar-refractivity contribution in [2.75, 3.05) is 11.9 Å². The van der Waals surface area contributed by atoms with E-state index in [4.69, 9.17) is 28.3 Å². The summed E-state index contributed by atoms with van der Waals surface area (Å²) in [7, 11) is 0. The molecule has 114 valence electrons. The Hall–Kier alpha value is -1.46. The Morgan fingerprint density at radius 1 is 1.38 bits per heavy atom. The van der Waals surface area contributed by atoms with Crippen LogP contribution < -0.4 is 5.32 Å². The van der Waals surface area contributed by atoms with Crippen molar-refractivity contribution in [2.45, 2.75) is 32.2 Å². The normalized spacial score (nSPS) is 17.9. The molecule has 1 fully saturated rings. The van der Waals surface area contributed by atoms with E-state index in [2.05, 4.69) is 5.32 Å². The Kier molecular flexibility index (Phi) is 4.96. The molecule has 1 aromatic carbocycles. The fourth-order valence-corrected chi connectivity index (χ4v) is 2.88. The number of nitrogens with one attached hydrogen (secondary N) is 1. The molecule has 1 unspecified atom stereocenters. The van der Waals surface area contributed by atoms with E-state index in [0.29, 0.717) is 28.7 Å². The number of carbonyl (C=O) groups excluding carboxylic acids is 1. The molecule has 0 saturated carbocycles. The molecule has 0 bridgehead atoms. The van der Waals surface area contributed by atoms with E-state index in [0.717, 1.165) is 12.0 Å². The molecule has 0 radical (unpaired) electrons. The fraction of sp³-hybridized carbons (Fsp3) is 0.429. The van der Waals surface area contributed by atoms with Gasteiger partial charge < -0.3 is 15.3 Å². The van der Waals surface area contributed by atoms with E-state index in [1.165, 1.54) is 4.90 Å². The molecule has 0 aromatic heterocycles. The first-order valence-electron chi connectivity index (χ1n) is 6.63. The molecule has 21 heavy (non-hydrogen) atoms. The standard InChI is InChI=1S/C14H16Cl2N2O3/c1-8-5-11(16)12(7-10(8)15)17-14(21)18-4-2-3-9(18)6-13(19)20/h5,7,9H,2-4,6H2,1H3,(H,17,21)(H,19,20). The quantitative estimate of drug-likeness (QED) is 0.886. The summed E-state index contributed by atoms with van der Waals surface area (Å²) < 4.78 is 0. The number of hydrogen-bond donors (Lipinski definition) is 2. The highest BCUT2D eigenvalue weighted by Crippen LogP contribution is 2.30. The molecule has 2 amide bonds. The average molecular weight is 331 g/mol. The highest BCUT2D eigenvalue weighted by Gasteiger charge is 2.30. The van der Waals surface area contributed by atoms with Crippen molar-refractivity contribution < 1.29 is 14.7 Å². The Labute approximate surface area is 132 Å². The lowest BCUT2D eigenvalue weighted by molar-refractivity contribution is -0.137. The zero-order valence-electron chi connectivity index (χ0n) is 11.5. The number of rotatable bonds is 3. The second-order valence-corrected chi connectivity index (χ2v) is 5.91. The molecule has 1 atom stereocenters. The van der Waals surface area contributed by atoms with Gasteiger partial charge in [0, 0.05) is 17.6 Å². The zero-order chi connectivity index (χ0) is 15.6. The lowest BCUT2D eigenvalue weighted by Gasteiger charge is -2.24. The Balaban J connectivity index is 2.10. The van der Waals surface area contributed by atoms with Crippen molar-refractivity contribution in [3.63, 3.8) is 0 Å². The Morgan fingerprint density at radius 2 is 2.10 bits per heavy atom. The number of urea groups is 1. The van der Waals surface area contributed by atoms with Crippen molar-refractivity contribution >= 4 is 40.9 Å². The van der Waals surface area contributed by atoms with Crippen molar-refractivity contribution in [2.24, 2.45) is 0 Å². The highest BCUT2D eigenvalue weighted by molar-refractivity contribution is 6.36. The first-order valence-corrected chi connectivity index (χ1v) is 7.39. The minimum atomic E-state index is -0.906. The molecule has 0 aliphatic carbocycles. The van der Waals surface area contributed by atoms with Gasteiger partial charge in [0.1, 0.15) is 0 Å². The van der Waals surface area contributed by atoms with Crippen molar-refractivity contribution in [3.8, 4) is 0 Å². The van der Waals surface area contributed by atoms with E-state index >= 15 is 0 Å². The zero-order valence-corrected chi connectivity index (χ0v) is 13.0. The number of carboxylic acid groups (broad SMARTS) is 1. The van der Waals surface area contributed by atoms with Gasteiger partial charge in [0.15, 0.2) is 0 Å². The predicted molar refractivity (Wildman–Crippen MR) is 82.2 cm³/mol. The van der Waals surface area contributed by atoms with Crippen LogP contribution in [0.15, 0.2) is 12.1 Å². The molecular formula is C14H16Cl2N2O3. The monoisotopic (exact) mass is 330 g/mol. The SMILES string of the molecule is Cc1cc(Cl)c(NC(=O)N2CCCC2CC(=O)O)cc1Cl. The van der Waals surface area contributed by atoms with Gasteiger partial charge in [0.25, 0.3) is 0 Å². The van der Waals surface area contributed by atoms with Crippen LogP contribution in [-0.2, 0) is 4.79 Å². The molecule has 1 saturated heterocycles. The smallest absolute Gasteiger partial charge is 0.322 e. The maximum Gasteiger partial charge on any atom is 0.322 e. The number of anilines is 1. The van der Waals surface area contributed by atoms with Crippen molar-refractivity contribution in [1.82, 2.24) is 4.90 Å². The molecule has 5 nitrogen and oxygen atoms in total. The molecule has 1 heterocycles. The summed E-state index contributed by atoms with van der Waals surface area (Å²) in [5, 5.41) is 12.5. The van der Waals surface area contributed by atoms with Gasteiger partial charge in [0.05, 0.1) is 17.1 Å². The summed E-state index contributed by atoms with van der Waals surface area (Å²) in [6.45, 7) is 2.37. The van der Waals surface area contributed by atoms with E-state index in [9.17, 15) is 9.59 Å². The largest absolute Gasteiger partial charge is 0.481 e.